The predicted octanol–water partition coefficient (Wildman–Crippen LogP) is 8.61. The van der Waals surface area contributed by atoms with E-state index in [1.54, 1.807) is 11.8 Å². The standard InChI is InChI=1S/C37H34N4O2S/c1-3-4-22-43-32-17-11-12-28(23-32)36-29(25-40(39-36)30-13-7-5-8-14-30)24-34-35(26-44-33-20-18-27(2)19-21-33)38-41(37(34)42)31-15-9-6-10-16-31/h5-21,23-25H,3-4,22,26H2,1-2H3/b34-24-. The molecule has 1 aliphatic rings. The highest BCUT2D eigenvalue weighted by Gasteiger charge is 2.31. The molecule has 5 aromatic rings. The van der Waals surface area contributed by atoms with E-state index in [4.69, 9.17) is 14.9 Å². The van der Waals surface area contributed by atoms with Crippen LogP contribution >= 0.6 is 11.8 Å². The van der Waals surface area contributed by atoms with Crippen LogP contribution in [0.15, 0.2) is 131 Å². The van der Waals surface area contributed by atoms with Crippen LogP contribution in [0.5, 0.6) is 5.75 Å². The molecule has 1 amide bonds. The first-order valence-corrected chi connectivity index (χ1v) is 15.8. The Hall–Kier alpha value is -4.88. The van der Waals surface area contributed by atoms with Crippen molar-refractivity contribution >= 4 is 35.1 Å². The number of nitrogens with zero attached hydrogens (tertiary/aromatic N) is 4. The molecule has 0 spiro atoms. The monoisotopic (exact) mass is 598 g/mol. The highest BCUT2D eigenvalue weighted by molar-refractivity contribution is 8.00. The van der Waals surface area contributed by atoms with Gasteiger partial charge in [0.15, 0.2) is 0 Å². The molecule has 6 nitrogen and oxygen atoms in total. The second-order valence-electron chi connectivity index (χ2n) is 10.6. The van der Waals surface area contributed by atoms with Gasteiger partial charge in [0.1, 0.15) is 11.4 Å². The van der Waals surface area contributed by atoms with E-state index in [0.29, 0.717) is 17.9 Å². The summed E-state index contributed by atoms with van der Waals surface area (Å²) >= 11 is 1.67. The summed E-state index contributed by atoms with van der Waals surface area (Å²) in [5.74, 6) is 1.19. The molecule has 0 atom stereocenters. The van der Waals surface area contributed by atoms with E-state index < -0.39 is 0 Å². The number of hydrogen-bond donors (Lipinski definition) is 0. The van der Waals surface area contributed by atoms with E-state index in [0.717, 1.165) is 57.4 Å². The van der Waals surface area contributed by atoms with Gasteiger partial charge >= 0.3 is 0 Å². The molecule has 0 fully saturated rings. The molecule has 0 bridgehead atoms. The van der Waals surface area contributed by atoms with Crippen LogP contribution in [0.2, 0.25) is 0 Å². The smallest absolute Gasteiger partial charge is 0.280 e. The fourth-order valence-corrected chi connectivity index (χ4v) is 5.74. The number of carbonyl (C=O) groups is 1. The first-order chi connectivity index (χ1) is 21.6. The van der Waals surface area contributed by atoms with Crippen molar-refractivity contribution in [1.82, 2.24) is 9.78 Å². The summed E-state index contributed by atoms with van der Waals surface area (Å²) in [5, 5.41) is 11.3. The number of ether oxygens (including phenoxy) is 1. The van der Waals surface area contributed by atoms with Gasteiger partial charge in [-0.2, -0.15) is 15.2 Å². The van der Waals surface area contributed by atoms with E-state index >= 15 is 0 Å². The number of anilines is 1. The average molecular weight is 599 g/mol. The molecule has 0 aliphatic carbocycles. The molecular weight excluding hydrogens is 565 g/mol. The Labute approximate surface area is 262 Å². The van der Waals surface area contributed by atoms with Gasteiger partial charge in [-0.15, -0.1) is 11.8 Å². The highest BCUT2D eigenvalue weighted by Crippen LogP contribution is 2.32. The lowest BCUT2D eigenvalue weighted by Crippen LogP contribution is -2.21. The maximum atomic E-state index is 14.0. The lowest BCUT2D eigenvalue weighted by molar-refractivity contribution is -0.114. The SMILES string of the molecule is CCCCOc1cccc(-c2nn(-c3ccccc3)cc2/C=C2\C(=O)N(c3ccccc3)N=C2CSc2ccc(C)cc2)c1. The second-order valence-corrected chi connectivity index (χ2v) is 11.7. The summed E-state index contributed by atoms with van der Waals surface area (Å²) < 4.78 is 7.88. The summed E-state index contributed by atoms with van der Waals surface area (Å²) in [6.07, 6.45) is 5.98. The number of thioether (sulfide) groups is 1. The molecule has 7 heteroatoms. The number of amides is 1. The lowest BCUT2D eigenvalue weighted by atomic mass is 10.0. The van der Waals surface area contributed by atoms with Crippen molar-refractivity contribution in [2.24, 2.45) is 5.10 Å². The third-order valence-electron chi connectivity index (χ3n) is 7.29. The van der Waals surface area contributed by atoms with Gasteiger partial charge in [0, 0.05) is 28.0 Å². The maximum Gasteiger partial charge on any atom is 0.280 e. The molecule has 1 aliphatic heterocycles. The minimum absolute atomic E-state index is 0.161. The third kappa shape index (κ3) is 6.68. The Morgan fingerprint density at radius 2 is 1.59 bits per heavy atom. The quantitative estimate of drug-likeness (QED) is 0.0868. The van der Waals surface area contributed by atoms with Crippen molar-refractivity contribution in [3.05, 3.63) is 132 Å². The Morgan fingerprint density at radius 1 is 0.864 bits per heavy atom. The number of hydrogen-bond acceptors (Lipinski definition) is 5. The maximum absolute atomic E-state index is 14.0. The van der Waals surface area contributed by atoms with Crippen molar-refractivity contribution in [2.75, 3.05) is 17.4 Å². The molecule has 0 saturated heterocycles. The van der Waals surface area contributed by atoms with Gasteiger partial charge in [-0.25, -0.2) is 4.68 Å². The minimum Gasteiger partial charge on any atom is -0.494 e. The van der Waals surface area contributed by atoms with Crippen LogP contribution in [0, 0.1) is 6.92 Å². The second kappa shape index (κ2) is 13.6. The summed E-state index contributed by atoms with van der Waals surface area (Å²) in [5.41, 5.74) is 6.65. The fraction of sp³-hybridized carbons (Fsp3) is 0.162. The summed E-state index contributed by atoms with van der Waals surface area (Å²) in [6, 6.07) is 36.0. The molecule has 6 rings (SSSR count). The number of aromatic nitrogens is 2. The molecule has 0 unspecified atom stereocenters. The fourth-order valence-electron chi connectivity index (χ4n) is 4.89. The van der Waals surface area contributed by atoms with Crippen LogP contribution in [-0.2, 0) is 4.79 Å². The average Bonchev–Trinajstić information content (AvgIpc) is 3.63. The number of unbranched alkanes of at least 4 members (excludes halogenated alkanes) is 1. The molecule has 1 aromatic heterocycles. The molecule has 4 aromatic carbocycles. The molecule has 0 radical (unpaired) electrons. The Balaban J connectivity index is 1.41. The number of carbonyl (C=O) groups excluding carboxylic acids is 1. The van der Waals surface area contributed by atoms with Gasteiger partial charge in [0.25, 0.3) is 5.91 Å². The Bertz CT molecular complexity index is 1790. The van der Waals surface area contributed by atoms with Crippen molar-refractivity contribution < 1.29 is 9.53 Å². The van der Waals surface area contributed by atoms with Gasteiger partial charge in [-0.3, -0.25) is 4.79 Å². The van der Waals surface area contributed by atoms with Crippen LogP contribution in [0.4, 0.5) is 5.69 Å². The zero-order valence-corrected chi connectivity index (χ0v) is 25.7. The van der Waals surface area contributed by atoms with Crippen molar-refractivity contribution in [3.63, 3.8) is 0 Å². The van der Waals surface area contributed by atoms with E-state index in [-0.39, 0.29) is 5.91 Å². The number of rotatable bonds is 11. The molecular formula is C37H34N4O2S. The topological polar surface area (TPSA) is 59.7 Å². The van der Waals surface area contributed by atoms with E-state index in [9.17, 15) is 4.79 Å². The van der Waals surface area contributed by atoms with E-state index in [1.165, 1.54) is 10.6 Å². The third-order valence-corrected chi connectivity index (χ3v) is 8.31. The van der Waals surface area contributed by atoms with Crippen LogP contribution in [0.3, 0.4) is 0 Å². The number of benzene rings is 4. The lowest BCUT2D eigenvalue weighted by Gasteiger charge is -2.11. The minimum atomic E-state index is -0.161. The molecule has 44 heavy (non-hydrogen) atoms. The molecule has 0 saturated carbocycles. The van der Waals surface area contributed by atoms with Crippen molar-refractivity contribution in [2.45, 2.75) is 31.6 Å². The number of para-hydroxylation sites is 2. The summed E-state index contributed by atoms with van der Waals surface area (Å²) in [4.78, 5) is 15.1. The number of aryl methyl sites for hydroxylation is 1. The Morgan fingerprint density at radius 3 is 2.32 bits per heavy atom. The van der Waals surface area contributed by atoms with Gasteiger partial charge in [-0.05, 0) is 68.0 Å². The predicted molar refractivity (Wildman–Crippen MR) is 181 cm³/mol. The summed E-state index contributed by atoms with van der Waals surface area (Å²) in [6.45, 7) is 4.89. The zero-order valence-electron chi connectivity index (χ0n) is 24.9. The number of hydrazone groups is 1. The first-order valence-electron chi connectivity index (χ1n) is 14.9. The Kier molecular flexibility index (Phi) is 9.03. The molecule has 0 N–H and O–H groups in total. The van der Waals surface area contributed by atoms with Crippen LogP contribution in [0.25, 0.3) is 23.0 Å². The van der Waals surface area contributed by atoms with Gasteiger partial charge in [-0.1, -0.05) is 79.6 Å². The molecule has 2 heterocycles. The normalized spacial score (nSPS) is 13.9. The van der Waals surface area contributed by atoms with Gasteiger partial charge in [0.05, 0.1) is 29.3 Å². The van der Waals surface area contributed by atoms with E-state index in [2.05, 4.69) is 38.1 Å². The van der Waals surface area contributed by atoms with Gasteiger partial charge < -0.3 is 4.74 Å². The van der Waals surface area contributed by atoms with Crippen molar-refractivity contribution in [3.8, 4) is 22.7 Å². The molecule has 220 valence electrons. The van der Waals surface area contributed by atoms with Crippen LogP contribution in [-0.4, -0.2) is 33.8 Å². The van der Waals surface area contributed by atoms with Crippen molar-refractivity contribution in [1.29, 1.82) is 0 Å². The van der Waals surface area contributed by atoms with Gasteiger partial charge in [0.2, 0.25) is 0 Å². The zero-order chi connectivity index (χ0) is 30.3. The highest BCUT2D eigenvalue weighted by atomic mass is 32.2. The summed E-state index contributed by atoms with van der Waals surface area (Å²) in [7, 11) is 0. The first kappa shape index (κ1) is 29.2. The van der Waals surface area contributed by atoms with Crippen LogP contribution < -0.4 is 9.75 Å². The van der Waals surface area contributed by atoms with Crippen LogP contribution in [0.1, 0.15) is 30.9 Å². The largest absolute Gasteiger partial charge is 0.494 e. The van der Waals surface area contributed by atoms with E-state index in [1.807, 2.05) is 102 Å².